The summed E-state index contributed by atoms with van der Waals surface area (Å²) in [6.07, 6.45) is 1.58. The molecule has 0 aliphatic heterocycles. The molecule has 5 nitrogen and oxygen atoms in total. The monoisotopic (exact) mass is 272 g/mol. The minimum Gasteiger partial charge on any atom is -0.481 e. The number of rotatable bonds is 7. The summed E-state index contributed by atoms with van der Waals surface area (Å²) < 4.78 is 0. The second kappa shape index (κ2) is 6.89. The highest BCUT2D eigenvalue weighted by Crippen LogP contribution is 2.24. The second-order valence-electron chi connectivity index (χ2n) is 6.37. The molecule has 0 fully saturated rings. The number of hydrogen-bond acceptors (Lipinski definition) is 3. The minimum absolute atomic E-state index is 0.0941. The van der Waals surface area contributed by atoms with Gasteiger partial charge in [-0.05, 0) is 24.7 Å². The summed E-state index contributed by atoms with van der Waals surface area (Å²) in [7, 11) is 0. The van der Waals surface area contributed by atoms with E-state index < -0.39 is 17.4 Å². The van der Waals surface area contributed by atoms with Crippen molar-refractivity contribution >= 4 is 11.9 Å². The zero-order valence-corrected chi connectivity index (χ0v) is 12.7. The van der Waals surface area contributed by atoms with Crippen LogP contribution in [0.25, 0.3) is 0 Å². The fourth-order valence-electron chi connectivity index (χ4n) is 1.95. The molecule has 0 aromatic rings. The van der Waals surface area contributed by atoms with Crippen LogP contribution in [-0.2, 0) is 9.59 Å². The average Bonchev–Trinajstić information content (AvgIpc) is 2.31. The topological polar surface area (TPSA) is 92.4 Å². The van der Waals surface area contributed by atoms with E-state index in [0.29, 0.717) is 19.3 Å². The van der Waals surface area contributed by atoms with Crippen LogP contribution in [0.1, 0.15) is 53.9 Å². The number of carboxylic acids is 1. The van der Waals surface area contributed by atoms with Crippen molar-refractivity contribution in [3.63, 3.8) is 0 Å². The average molecular weight is 272 g/mol. The summed E-state index contributed by atoms with van der Waals surface area (Å²) in [5.74, 6) is -1.73. The van der Waals surface area contributed by atoms with Gasteiger partial charge in [-0.1, -0.05) is 34.6 Å². The molecular formula is C14H28N2O3. The first-order valence-corrected chi connectivity index (χ1v) is 6.85. The number of nitrogens with one attached hydrogen (secondary N) is 1. The van der Waals surface area contributed by atoms with E-state index >= 15 is 0 Å². The molecule has 19 heavy (non-hydrogen) atoms. The van der Waals surface area contributed by atoms with E-state index in [2.05, 4.69) is 5.32 Å². The molecule has 0 aliphatic carbocycles. The maximum absolute atomic E-state index is 12.0. The van der Waals surface area contributed by atoms with Crippen LogP contribution in [-0.4, -0.2) is 29.1 Å². The predicted molar refractivity (Wildman–Crippen MR) is 75.7 cm³/mol. The standard InChI is InChI=1S/C14H28N2O3/c1-6-14(15,7-2)12(19)16-9-10(11(17)18)8-13(3,4)5/h10H,6-9,15H2,1-5H3,(H,16,19)(H,17,18). The Kier molecular flexibility index (Phi) is 6.49. The summed E-state index contributed by atoms with van der Waals surface area (Å²) in [6.45, 7) is 9.78. The van der Waals surface area contributed by atoms with Crippen molar-refractivity contribution in [3.05, 3.63) is 0 Å². The van der Waals surface area contributed by atoms with Crippen molar-refractivity contribution in [2.45, 2.75) is 59.4 Å². The zero-order valence-electron chi connectivity index (χ0n) is 12.7. The lowest BCUT2D eigenvalue weighted by Crippen LogP contribution is -2.54. The van der Waals surface area contributed by atoms with Crippen LogP contribution in [0.2, 0.25) is 0 Å². The highest BCUT2D eigenvalue weighted by molar-refractivity contribution is 5.86. The Hall–Kier alpha value is -1.10. The first kappa shape index (κ1) is 17.9. The summed E-state index contributed by atoms with van der Waals surface area (Å²) >= 11 is 0. The maximum Gasteiger partial charge on any atom is 0.308 e. The molecule has 1 atom stereocenters. The molecule has 0 saturated heterocycles. The molecule has 1 amide bonds. The number of carbonyl (C=O) groups excluding carboxylic acids is 1. The van der Waals surface area contributed by atoms with Gasteiger partial charge in [0.15, 0.2) is 0 Å². The van der Waals surface area contributed by atoms with Gasteiger partial charge in [0, 0.05) is 6.54 Å². The third kappa shape index (κ3) is 6.05. The van der Waals surface area contributed by atoms with E-state index in [1.807, 2.05) is 34.6 Å². The van der Waals surface area contributed by atoms with Crippen molar-refractivity contribution in [1.82, 2.24) is 5.32 Å². The number of hydrogen-bond donors (Lipinski definition) is 3. The summed E-state index contributed by atoms with van der Waals surface area (Å²) in [5, 5.41) is 11.9. The fourth-order valence-corrected chi connectivity index (χ4v) is 1.95. The van der Waals surface area contributed by atoms with E-state index in [4.69, 9.17) is 5.73 Å². The highest BCUT2D eigenvalue weighted by Gasteiger charge is 2.31. The zero-order chi connectivity index (χ0) is 15.3. The van der Waals surface area contributed by atoms with Gasteiger partial charge in [-0.3, -0.25) is 9.59 Å². The van der Waals surface area contributed by atoms with Crippen molar-refractivity contribution in [2.75, 3.05) is 6.54 Å². The van der Waals surface area contributed by atoms with Crippen molar-refractivity contribution in [2.24, 2.45) is 17.1 Å². The largest absolute Gasteiger partial charge is 0.481 e. The summed E-state index contributed by atoms with van der Waals surface area (Å²) in [6, 6.07) is 0. The van der Waals surface area contributed by atoms with E-state index in [0.717, 1.165) is 0 Å². The van der Waals surface area contributed by atoms with E-state index in [1.54, 1.807) is 0 Å². The van der Waals surface area contributed by atoms with Crippen molar-refractivity contribution in [1.29, 1.82) is 0 Å². The molecule has 0 spiro atoms. The Morgan fingerprint density at radius 1 is 1.21 bits per heavy atom. The Morgan fingerprint density at radius 2 is 1.68 bits per heavy atom. The molecule has 0 aliphatic rings. The van der Waals surface area contributed by atoms with Gasteiger partial charge in [-0.2, -0.15) is 0 Å². The fraction of sp³-hybridized carbons (Fsp3) is 0.857. The SMILES string of the molecule is CCC(N)(CC)C(=O)NCC(CC(C)(C)C)C(=O)O. The summed E-state index contributed by atoms with van der Waals surface area (Å²) in [5.41, 5.74) is 4.98. The minimum atomic E-state index is -0.898. The molecule has 0 heterocycles. The lowest BCUT2D eigenvalue weighted by molar-refractivity contribution is -0.142. The maximum atomic E-state index is 12.0. The van der Waals surface area contributed by atoms with Crippen LogP contribution >= 0.6 is 0 Å². The molecule has 0 aromatic carbocycles. The smallest absolute Gasteiger partial charge is 0.308 e. The molecule has 4 N–H and O–H groups in total. The predicted octanol–water partition coefficient (Wildman–Crippen LogP) is 1.76. The molecular weight excluding hydrogens is 244 g/mol. The van der Waals surface area contributed by atoms with Gasteiger partial charge in [0.1, 0.15) is 0 Å². The number of carboxylic acid groups (broad SMARTS) is 1. The third-order valence-corrected chi connectivity index (χ3v) is 3.43. The van der Waals surface area contributed by atoms with Gasteiger partial charge in [0.05, 0.1) is 11.5 Å². The highest BCUT2D eigenvalue weighted by atomic mass is 16.4. The number of aliphatic carboxylic acids is 1. The van der Waals surface area contributed by atoms with Gasteiger partial charge in [0.25, 0.3) is 0 Å². The van der Waals surface area contributed by atoms with E-state index in [-0.39, 0.29) is 17.9 Å². The van der Waals surface area contributed by atoms with Crippen LogP contribution in [0.4, 0.5) is 0 Å². The van der Waals surface area contributed by atoms with Crippen LogP contribution in [0, 0.1) is 11.3 Å². The number of carbonyl (C=O) groups is 2. The third-order valence-electron chi connectivity index (χ3n) is 3.43. The molecule has 1 unspecified atom stereocenters. The van der Waals surface area contributed by atoms with Crippen LogP contribution in [0.3, 0.4) is 0 Å². The lowest BCUT2D eigenvalue weighted by Gasteiger charge is -2.27. The van der Waals surface area contributed by atoms with Gasteiger partial charge < -0.3 is 16.2 Å². The Balaban J connectivity index is 4.57. The van der Waals surface area contributed by atoms with Gasteiger partial charge in [-0.25, -0.2) is 0 Å². The second-order valence-corrected chi connectivity index (χ2v) is 6.37. The van der Waals surface area contributed by atoms with Crippen molar-refractivity contribution < 1.29 is 14.7 Å². The number of nitrogens with two attached hydrogens (primary N) is 1. The molecule has 0 saturated carbocycles. The van der Waals surface area contributed by atoms with E-state index in [9.17, 15) is 14.7 Å². The lowest BCUT2D eigenvalue weighted by atomic mass is 9.84. The van der Waals surface area contributed by atoms with Crippen molar-refractivity contribution in [3.8, 4) is 0 Å². The molecule has 0 bridgehead atoms. The Bertz CT molecular complexity index is 317. The first-order chi connectivity index (χ1) is 8.55. The van der Waals surface area contributed by atoms with Crippen LogP contribution < -0.4 is 11.1 Å². The quantitative estimate of drug-likeness (QED) is 0.658. The molecule has 112 valence electrons. The van der Waals surface area contributed by atoms with Gasteiger partial charge >= 0.3 is 5.97 Å². The normalized spacial score (nSPS) is 14.0. The molecule has 0 rings (SSSR count). The van der Waals surface area contributed by atoms with Gasteiger partial charge in [0.2, 0.25) is 5.91 Å². The summed E-state index contributed by atoms with van der Waals surface area (Å²) in [4.78, 5) is 23.2. The van der Waals surface area contributed by atoms with E-state index in [1.165, 1.54) is 0 Å². The number of amides is 1. The molecule has 5 heteroatoms. The van der Waals surface area contributed by atoms with Crippen LogP contribution in [0.15, 0.2) is 0 Å². The van der Waals surface area contributed by atoms with Crippen LogP contribution in [0.5, 0.6) is 0 Å². The molecule has 0 aromatic heterocycles. The van der Waals surface area contributed by atoms with Gasteiger partial charge in [-0.15, -0.1) is 0 Å². The molecule has 0 radical (unpaired) electrons. The first-order valence-electron chi connectivity index (χ1n) is 6.85. The Labute approximate surface area is 115 Å². The Morgan fingerprint density at radius 3 is 2.00 bits per heavy atom.